The number of para-hydroxylation sites is 2. The normalized spacial score (nSPS) is 22.8. The van der Waals surface area contributed by atoms with Crippen molar-refractivity contribution in [2.45, 2.75) is 59.0 Å². The molecule has 3 heterocycles. The van der Waals surface area contributed by atoms with E-state index >= 15 is 0 Å². The molecule has 5 rings (SSSR count). The summed E-state index contributed by atoms with van der Waals surface area (Å²) in [6.07, 6.45) is 3.91. The zero-order valence-electron chi connectivity index (χ0n) is 19.8. The topological polar surface area (TPSA) is 32.3 Å². The van der Waals surface area contributed by atoms with Gasteiger partial charge in [-0.05, 0) is 36.6 Å². The van der Waals surface area contributed by atoms with E-state index in [1.54, 1.807) is 0 Å². The summed E-state index contributed by atoms with van der Waals surface area (Å²) in [4.78, 5) is 15.3. The standard InChI is InChI=1S/C28H32N4/c1-7-21-22(8-2)30-25-24(29-21)31(19-15-11-10-12-16-19)26-27(4,5)28(6,9-3)20-17-13-14-18-23(20)32(25)26/h9-18,26H,3,7-8H2,1-2,4-6H3. The third-order valence-corrected chi connectivity index (χ3v) is 7.78. The molecule has 164 valence electrons. The number of rotatable bonds is 4. The highest BCUT2D eigenvalue weighted by atomic mass is 15.5. The van der Waals surface area contributed by atoms with Crippen molar-refractivity contribution in [3.05, 3.63) is 84.2 Å². The second-order valence-electron chi connectivity index (χ2n) is 9.57. The Morgan fingerprint density at radius 2 is 1.41 bits per heavy atom. The monoisotopic (exact) mass is 424 g/mol. The van der Waals surface area contributed by atoms with E-state index in [1.165, 1.54) is 11.3 Å². The Bertz CT molecular complexity index is 1180. The number of aromatic nitrogens is 2. The lowest BCUT2D eigenvalue weighted by molar-refractivity contribution is 0.171. The lowest BCUT2D eigenvalue weighted by atomic mass is 9.58. The maximum absolute atomic E-state index is 5.24. The van der Waals surface area contributed by atoms with E-state index in [4.69, 9.17) is 9.97 Å². The van der Waals surface area contributed by atoms with Crippen molar-refractivity contribution in [2.75, 3.05) is 9.80 Å². The molecule has 0 fully saturated rings. The van der Waals surface area contributed by atoms with Crippen molar-refractivity contribution >= 4 is 23.0 Å². The summed E-state index contributed by atoms with van der Waals surface area (Å²) in [5.41, 5.74) is 5.40. The molecule has 2 aliphatic rings. The van der Waals surface area contributed by atoms with Crippen LogP contribution in [0.1, 0.15) is 51.6 Å². The summed E-state index contributed by atoms with van der Waals surface area (Å²) in [6, 6.07) is 19.3. The van der Waals surface area contributed by atoms with Gasteiger partial charge in [0.15, 0.2) is 11.6 Å². The Kier molecular flexibility index (Phi) is 4.66. The summed E-state index contributed by atoms with van der Waals surface area (Å²) in [5, 5.41) is 0. The van der Waals surface area contributed by atoms with Crippen LogP contribution in [-0.2, 0) is 18.3 Å². The molecule has 4 heteroatoms. The van der Waals surface area contributed by atoms with E-state index in [9.17, 15) is 0 Å². The minimum Gasteiger partial charge on any atom is -0.301 e. The fourth-order valence-corrected chi connectivity index (χ4v) is 5.58. The van der Waals surface area contributed by atoms with E-state index in [1.807, 2.05) is 0 Å². The first-order valence-corrected chi connectivity index (χ1v) is 11.7. The van der Waals surface area contributed by atoms with E-state index in [0.717, 1.165) is 41.6 Å². The fraction of sp³-hybridized carbons (Fsp3) is 0.357. The molecule has 4 nitrogen and oxygen atoms in total. The minimum atomic E-state index is -0.221. The molecular formula is C28H32N4. The quantitative estimate of drug-likeness (QED) is 0.436. The van der Waals surface area contributed by atoms with Crippen LogP contribution in [0, 0.1) is 5.41 Å². The number of nitrogens with zero attached hydrogens (tertiary/aromatic N) is 4. The molecule has 2 unspecified atom stereocenters. The summed E-state index contributed by atoms with van der Waals surface area (Å²) in [5.74, 6) is 1.91. The van der Waals surface area contributed by atoms with Gasteiger partial charge in [0, 0.05) is 22.2 Å². The Balaban J connectivity index is 1.88. The van der Waals surface area contributed by atoms with Crippen molar-refractivity contribution < 1.29 is 0 Å². The summed E-state index contributed by atoms with van der Waals surface area (Å²) in [6.45, 7) is 15.7. The maximum atomic E-state index is 5.24. The molecule has 2 aliphatic heterocycles. The first-order valence-electron chi connectivity index (χ1n) is 11.7. The number of anilines is 4. The summed E-state index contributed by atoms with van der Waals surface area (Å²) >= 11 is 0. The molecule has 2 aromatic carbocycles. The van der Waals surface area contributed by atoms with Crippen LogP contribution in [0.4, 0.5) is 23.0 Å². The molecule has 0 saturated carbocycles. The van der Waals surface area contributed by atoms with Gasteiger partial charge in [-0.2, -0.15) is 0 Å². The van der Waals surface area contributed by atoms with Crippen molar-refractivity contribution in [3.63, 3.8) is 0 Å². The van der Waals surface area contributed by atoms with Crippen LogP contribution in [0.15, 0.2) is 67.3 Å². The Hall–Kier alpha value is -3.14. The number of fused-ring (bicyclic) bond motifs is 5. The SMILES string of the molecule is C=CC1(C)c2ccccc2N2c3nc(CC)c(CC)nc3N(c3ccccc3)C2C1(C)C. The second kappa shape index (κ2) is 7.19. The highest BCUT2D eigenvalue weighted by Gasteiger charge is 2.59. The van der Waals surface area contributed by atoms with Gasteiger partial charge in [-0.25, -0.2) is 9.97 Å². The van der Waals surface area contributed by atoms with Crippen LogP contribution in [0.5, 0.6) is 0 Å². The van der Waals surface area contributed by atoms with E-state index in [2.05, 4.69) is 112 Å². The van der Waals surface area contributed by atoms with Gasteiger partial charge in [0.1, 0.15) is 6.17 Å². The van der Waals surface area contributed by atoms with Crippen LogP contribution >= 0.6 is 0 Å². The van der Waals surface area contributed by atoms with Gasteiger partial charge in [0.2, 0.25) is 0 Å². The highest BCUT2D eigenvalue weighted by Crippen LogP contribution is 2.61. The molecule has 1 aromatic heterocycles. The zero-order valence-corrected chi connectivity index (χ0v) is 19.8. The predicted molar refractivity (Wildman–Crippen MR) is 133 cm³/mol. The average Bonchev–Trinajstić information content (AvgIpc) is 3.17. The lowest BCUT2D eigenvalue weighted by Gasteiger charge is -2.56. The van der Waals surface area contributed by atoms with Crippen molar-refractivity contribution in [3.8, 4) is 0 Å². The van der Waals surface area contributed by atoms with E-state index < -0.39 is 0 Å². The van der Waals surface area contributed by atoms with Gasteiger partial charge in [0.05, 0.1) is 11.4 Å². The predicted octanol–water partition coefficient (Wildman–Crippen LogP) is 6.70. The molecule has 0 N–H and O–H groups in total. The molecule has 0 aliphatic carbocycles. The van der Waals surface area contributed by atoms with Gasteiger partial charge in [-0.1, -0.05) is 77.1 Å². The zero-order chi connectivity index (χ0) is 22.7. The summed E-state index contributed by atoms with van der Waals surface area (Å²) < 4.78 is 0. The molecule has 0 radical (unpaired) electrons. The number of hydrogen-bond donors (Lipinski definition) is 0. The van der Waals surface area contributed by atoms with Gasteiger partial charge in [-0.15, -0.1) is 6.58 Å². The minimum absolute atomic E-state index is 0.0228. The molecule has 0 saturated heterocycles. The van der Waals surface area contributed by atoms with Gasteiger partial charge >= 0.3 is 0 Å². The summed E-state index contributed by atoms with van der Waals surface area (Å²) in [7, 11) is 0. The molecular weight excluding hydrogens is 392 g/mol. The number of benzene rings is 2. The Morgan fingerprint density at radius 1 is 0.844 bits per heavy atom. The van der Waals surface area contributed by atoms with Crippen molar-refractivity contribution in [1.29, 1.82) is 0 Å². The van der Waals surface area contributed by atoms with Crippen LogP contribution < -0.4 is 9.80 Å². The first kappa shape index (κ1) is 20.7. The smallest absolute Gasteiger partial charge is 0.178 e. The van der Waals surface area contributed by atoms with Crippen molar-refractivity contribution in [2.24, 2.45) is 5.41 Å². The maximum Gasteiger partial charge on any atom is 0.178 e. The van der Waals surface area contributed by atoms with Crippen LogP contribution in [0.3, 0.4) is 0 Å². The molecule has 2 atom stereocenters. The second-order valence-corrected chi connectivity index (χ2v) is 9.57. The third kappa shape index (κ3) is 2.55. The van der Waals surface area contributed by atoms with Crippen LogP contribution in [-0.4, -0.2) is 16.1 Å². The van der Waals surface area contributed by atoms with Crippen LogP contribution in [0.25, 0.3) is 0 Å². The lowest BCUT2D eigenvalue weighted by Crippen LogP contribution is -2.60. The fourth-order valence-electron chi connectivity index (χ4n) is 5.58. The molecule has 0 amide bonds. The number of hydrogen-bond acceptors (Lipinski definition) is 4. The van der Waals surface area contributed by atoms with E-state index in [-0.39, 0.29) is 17.0 Å². The Morgan fingerprint density at radius 3 is 2.00 bits per heavy atom. The van der Waals surface area contributed by atoms with E-state index in [0.29, 0.717) is 0 Å². The number of allylic oxidation sites excluding steroid dienone is 1. The van der Waals surface area contributed by atoms with Crippen molar-refractivity contribution in [1.82, 2.24) is 9.97 Å². The van der Waals surface area contributed by atoms with Gasteiger partial charge < -0.3 is 9.80 Å². The highest BCUT2D eigenvalue weighted by molar-refractivity contribution is 5.87. The largest absolute Gasteiger partial charge is 0.301 e. The molecule has 32 heavy (non-hydrogen) atoms. The van der Waals surface area contributed by atoms with Gasteiger partial charge in [-0.3, -0.25) is 0 Å². The molecule has 0 bridgehead atoms. The average molecular weight is 425 g/mol. The Labute approximate surface area is 191 Å². The first-order chi connectivity index (χ1) is 15.4. The molecule has 3 aromatic rings. The molecule has 0 spiro atoms. The number of aryl methyl sites for hydroxylation is 2. The third-order valence-electron chi connectivity index (χ3n) is 7.78. The van der Waals surface area contributed by atoms with Crippen LogP contribution in [0.2, 0.25) is 0 Å². The van der Waals surface area contributed by atoms with Gasteiger partial charge in [0.25, 0.3) is 0 Å².